The lowest BCUT2D eigenvalue weighted by atomic mass is 10.2. The maximum Gasteiger partial charge on any atom is 0.409 e. The van der Waals surface area contributed by atoms with Crippen molar-refractivity contribution in [3.63, 3.8) is 0 Å². The number of benzene rings is 1. The summed E-state index contributed by atoms with van der Waals surface area (Å²) in [6, 6.07) is 11.3. The van der Waals surface area contributed by atoms with Gasteiger partial charge in [0.2, 0.25) is 0 Å². The smallest absolute Gasteiger partial charge is 0.409 e. The summed E-state index contributed by atoms with van der Waals surface area (Å²) in [5, 5.41) is 15.3. The van der Waals surface area contributed by atoms with Gasteiger partial charge in [-0.1, -0.05) is 6.07 Å². The molecule has 0 spiro atoms. The molecule has 3 aromatic rings. The van der Waals surface area contributed by atoms with Crippen LogP contribution in [0.4, 0.5) is 16.2 Å². The zero-order valence-electron chi connectivity index (χ0n) is 12.8. The van der Waals surface area contributed by atoms with Crippen LogP contribution >= 0.6 is 11.3 Å². The minimum absolute atomic E-state index is 0.142. The average molecular weight is 355 g/mol. The summed E-state index contributed by atoms with van der Waals surface area (Å²) in [6.45, 7) is 0. The van der Waals surface area contributed by atoms with Crippen LogP contribution in [0.1, 0.15) is 10.4 Å². The summed E-state index contributed by atoms with van der Waals surface area (Å²) < 4.78 is 0. The largest absolute Gasteiger partial charge is 0.465 e. The van der Waals surface area contributed by atoms with E-state index in [4.69, 9.17) is 5.11 Å². The lowest BCUT2D eigenvalue weighted by Crippen LogP contribution is -2.19. The first-order valence-electron chi connectivity index (χ1n) is 7.21. The van der Waals surface area contributed by atoms with E-state index in [1.54, 1.807) is 12.3 Å². The number of aromatic amines is 1. The van der Waals surface area contributed by atoms with Crippen molar-refractivity contribution in [1.29, 1.82) is 0 Å². The maximum atomic E-state index is 12.3. The molecule has 0 fully saturated rings. The van der Waals surface area contributed by atoms with Crippen LogP contribution in [0.25, 0.3) is 10.4 Å². The van der Waals surface area contributed by atoms with Crippen LogP contribution in [0.15, 0.2) is 58.8 Å². The van der Waals surface area contributed by atoms with E-state index in [2.05, 4.69) is 15.6 Å². The molecule has 0 unspecified atom stereocenters. The van der Waals surface area contributed by atoms with Gasteiger partial charge in [0.05, 0.1) is 0 Å². The highest BCUT2D eigenvalue weighted by atomic mass is 32.1. The third-order valence-corrected chi connectivity index (χ3v) is 4.27. The Kier molecular flexibility index (Phi) is 4.62. The zero-order chi connectivity index (χ0) is 17.8. The number of thiophene rings is 1. The molecule has 126 valence electrons. The fourth-order valence-corrected chi connectivity index (χ4v) is 2.90. The minimum atomic E-state index is -1.19. The predicted molar refractivity (Wildman–Crippen MR) is 96.4 cm³/mol. The normalized spacial score (nSPS) is 10.2. The molecule has 1 aromatic carbocycles. The highest BCUT2D eigenvalue weighted by Crippen LogP contribution is 2.24. The SMILES string of the molecule is O=C(O)Nc1ccc(C(=O)Nc2cc(-c3cccs3)c[nH]c2=O)cc1. The van der Waals surface area contributed by atoms with Gasteiger partial charge in [0.15, 0.2) is 0 Å². The molecule has 0 saturated heterocycles. The number of anilines is 2. The van der Waals surface area contributed by atoms with Gasteiger partial charge in [-0.05, 0) is 41.8 Å². The summed E-state index contributed by atoms with van der Waals surface area (Å²) in [4.78, 5) is 38.4. The number of aromatic nitrogens is 1. The van der Waals surface area contributed by atoms with Gasteiger partial charge in [-0.2, -0.15) is 0 Å². The molecular weight excluding hydrogens is 342 g/mol. The Labute approximate surface area is 146 Å². The molecule has 0 aliphatic rings. The first kappa shape index (κ1) is 16.5. The third-order valence-electron chi connectivity index (χ3n) is 3.36. The number of carbonyl (C=O) groups is 2. The molecule has 7 nitrogen and oxygen atoms in total. The molecule has 8 heteroatoms. The number of rotatable bonds is 4. The summed E-state index contributed by atoms with van der Waals surface area (Å²) in [5.74, 6) is -0.462. The van der Waals surface area contributed by atoms with E-state index in [0.29, 0.717) is 11.3 Å². The van der Waals surface area contributed by atoms with E-state index >= 15 is 0 Å². The van der Waals surface area contributed by atoms with Gasteiger partial charge in [0.25, 0.3) is 11.5 Å². The minimum Gasteiger partial charge on any atom is -0.465 e. The van der Waals surface area contributed by atoms with Crippen LogP contribution in [0, 0.1) is 0 Å². The number of amides is 2. The van der Waals surface area contributed by atoms with Gasteiger partial charge in [-0.15, -0.1) is 11.3 Å². The molecule has 0 radical (unpaired) electrons. The van der Waals surface area contributed by atoms with Gasteiger partial charge in [0, 0.05) is 27.9 Å². The number of hydrogen-bond acceptors (Lipinski definition) is 4. The van der Waals surface area contributed by atoms with Crippen molar-refractivity contribution in [2.75, 3.05) is 10.6 Å². The maximum absolute atomic E-state index is 12.3. The van der Waals surface area contributed by atoms with Crippen molar-refractivity contribution >= 4 is 34.7 Å². The Morgan fingerprint density at radius 2 is 1.84 bits per heavy atom. The fourth-order valence-electron chi connectivity index (χ4n) is 2.18. The second-order valence-corrected chi connectivity index (χ2v) is 6.02. The van der Waals surface area contributed by atoms with Crippen molar-refractivity contribution in [3.8, 4) is 10.4 Å². The molecule has 0 saturated carbocycles. The van der Waals surface area contributed by atoms with Crippen LogP contribution in [0.5, 0.6) is 0 Å². The molecule has 2 amide bonds. The molecule has 0 atom stereocenters. The first-order chi connectivity index (χ1) is 12.0. The number of nitrogens with one attached hydrogen (secondary N) is 3. The molecule has 2 aromatic heterocycles. The molecule has 0 aliphatic carbocycles. The van der Waals surface area contributed by atoms with Crippen LogP contribution in [0.3, 0.4) is 0 Å². The zero-order valence-corrected chi connectivity index (χ0v) is 13.6. The van der Waals surface area contributed by atoms with Crippen molar-refractivity contribution in [3.05, 3.63) is 70.0 Å². The molecule has 0 aliphatic heterocycles. The van der Waals surface area contributed by atoms with E-state index in [9.17, 15) is 14.4 Å². The second-order valence-electron chi connectivity index (χ2n) is 5.07. The van der Waals surface area contributed by atoms with E-state index in [1.165, 1.54) is 35.6 Å². The average Bonchev–Trinajstić information content (AvgIpc) is 3.11. The number of carbonyl (C=O) groups excluding carboxylic acids is 1. The Morgan fingerprint density at radius 1 is 1.08 bits per heavy atom. The Morgan fingerprint density at radius 3 is 2.48 bits per heavy atom. The third kappa shape index (κ3) is 3.93. The summed E-state index contributed by atoms with van der Waals surface area (Å²) in [6.07, 6.45) is 0.407. The van der Waals surface area contributed by atoms with Crippen molar-refractivity contribution in [2.45, 2.75) is 0 Å². The highest BCUT2D eigenvalue weighted by molar-refractivity contribution is 7.13. The lowest BCUT2D eigenvalue weighted by Gasteiger charge is -2.07. The molecular formula is C17H13N3O4S. The first-order valence-corrected chi connectivity index (χ1v) is 8.09. The number of hydrogen-bond donors (Lipinski definition) is 4. The molecule has 25 heavy (non-hydrogen) atoms. The number of carboxylic acid groups (broad SMARTS) is 1. The van der Waals surface area contributed by atoms with Crippen LogP contribution < -0.4 is 16.2 Å². The highest BCUT2D eigenvalue weighted by Gasteiger charge is 2.11. The lowest BCUT2D eigenvalue weighted by molar-refractivity contribution is 0.102. The van der Waals surface area contributed by atoms with Gasteiger partial charge < -0.3 is 15.4 Å². The number of H-pyrrole nitrogens is 1. The Hall–Kier alpha value is -3.39. The van der Waals surface area contributed by atoms with Crippen molar-refractivity contribution in [2.24, 2.45) is 0 Å². The van der Waals surface area contributed by atoms with E-state index in [0.717, 1.165) is 10.4 Å². The standard InChI is InChI=1S/C17H13N3O4S/c21-15(10-3-5-12(6-4-10)19-17(23)24)20-13-8-11(9-18-16(13)22)14-2-1-7-25-14/h1-9,19H,(H,18,22)(H,20,21)(H,23,24). The van der Waals surface area contributed by atoms with Gasteiger partial charge in [-0.3, -0.25) is 14.9 Å². The topological polar surface area (TPSA) is 111 Å². The summed E-state index contributed by atoms with van der Waals surface area (Å²) in [5.41, 5.74) is 1.19. The molecule has 2 heterocycles. The van der Waals surface area contributed by atoms with Crippen molar-refractivity contribution < 1.29 is 14.7 Å². The molecule has 4 N–H and O–H groups in total. The van der Waals surface area contributed by atoms with Crippen LogP contribution in [-0.4, -0.2) is 22.1 Å². The predicted octanol–water partition coefficient (Wildman–Crippen LogP) is 3.45. The summed E-state index contributed by atoms with van der Waals surface area (Å²) in [7, 11) is 0. The monoisotopic (exact) mass is 355 g/mol. The van der Waals surface area contributed by atoms with Crippen molar-refractivity contribution in [1.82, 2.24) is 4.98 Å². The van der Waals surface area contributed by atoms with Crippen LogP contribution in [-0.2, 0) is 0 Å². The Balaban J connectivity index is 1.80. The van der Waals surface area contributed by atoms with Gasteiger partial charge in [-0.25, -0.2) is 4.79 Å². The number of pyridine rings is 1. The van der Waals surface area contributed by atoms with E-state index < -0.39 is 17.6 Å². The molecule has 0 bridgehead atoms. The van der Waals surface area contributed by atoms with Crippen LogP contribution in [0.2, 0.25) is 0 Å². The van der Waals surface area contributed by atoms with Gasteiger partial charge >= 0.3 is 6.09 Å². The fraction of sp³-hybridized carbons (Fsp3) is 0. The summed E-state index contributed by atoms with van der Waals surface area (Å²) >= 11 is 1.52. The Bertz CT molecular complexity index is 962. The van der Waals surface area contributed by atoms with Gasteiger partial charge in [0.1, 0.15) is 5.69 Å². The van der Waals surface area contributed by atoms with E-state index in [1.807, 2.05) is 17.5 Å². The second kappa shape index (κ2) is 7.02. The van der Waals surface area contributed by atoms with E-state index in [-0.39, 0.29) is 5.69 Å². The quantitative estimate of drug-likeness (QED) is 0.574. The molecule has 3 rings (SSSR count).